The van der Waals surface area contributed by atoms with Gasteiger partial charge in [-0.2, -0.15) is 0 Å². The maximum absolute atomic E-state index is 13.4. The number of hydrogen-bond acceptors (Lipinski definition) is 4. The number of phenols is 1. The molecule has 146 valence electrons. The number of aliphatic hydroxyl groups excluding tert-OH is 1. The fraction of sp³-hybridized carbons (Fsp3) is 0.318. The second-order valence-electron chi connectivity index (χ2n) is 6.84. The van der Waals surface area contributed by atoms with E-state index in [2.05, 4.69) is 10.6 Å². The summed E-state index contributed by atoms with van der Waals surface area (Å²) in [5.74, 6) is 0.256. The van der Waals surface area contributed by atoms with Gasteiger partial charge in [-0.3, -0.25) is 4.79 Å². The topological polar surface area (TPSA) is 65.7 Å². The molecule has 0 saturated carbocycles. The van der Waals surface area contributed by atoms with E-state index in [0.717, 1.165) is 32.6 Å². The fourth-order valence-electron chi connectivity index (χ4n) is 4.08. The van der Waals surface area contributed by atoms with Crippen molar-refractivity contribution in [3.8, 4) is 17.0 Å². The molecule has 2 N–H and O–H groups in total. The van der Waals surface area contributed by atoms with Gasteiger partial charge in [0.05, 0.1) is 12.3 Å². The zero-order valence-corrected chi connectivity index (χ0v) is 16.9. The quantitative estimate of drug-likeness (QED) is 0.684. The number of aliphatic hydroxyl groups is 1. The van der Waals surface area contributed by atoms with Gasteiger partial charge in [0, 0.05) is 46.6 Å². The lowest BCUT2D eigenvalue weighted by atomic mass is 10.0. The Bertz CT molecular complexity index is 1040. The number of benzene rings is 2. The first-order valence-electron chi connectivity index (χ1n) is 9.61. The van der Waals surface area contributed by atoms with Crippen LogP contribution in [0.1, 0.15) is 24.7 Å². The Morgan fingerprint density at radius 2 is 1.93 bits per heavy atom. The van der Waals surface area contributed by atoms with E-state index in [4.69, 9.17) is 0 Å². The molecule has 2 aromatic carbocycles. The van der Waals surface area contributed by atoms with E-state index in [1.165, 1.54) is 0 Å². The molecule has 1 amide bonds. The molecule has 6 heteroatoms. The third-order valence-electron chi connectivity index (χ3n) is 5.36. The summed E-state index contributed by atoms with van der Waals surface area (Å²) in [6.45, 7) is 5.73. The molecule has 1 aliphatic heterocycles. The van der Waals surface area contributed by atoms with Crippen LogP contribution in [0.4, 0.5) is 0 Å². The van der Waals surface area contributed by atoms with Crippen LogP contribution in [0.5, 0.6) is 5.75 Å². The van der Waals surface area contributed by atoms with Crippen LogP contribution in [0.3, 0.4) is 0 Å². The average Bonchev–Trinajstić information content (AvgIpc) is 3.02. The largest absolute Gasteiger partial charge is 0.508 e. The standard InChI is InChI=1S/C22H24N2O3S/c1-3-23(4-2)22(27)21-19-16-13-14(26)9-10-17(16)24(11-12-25)20(19)15-7-5-6-8-18(15)28-21/h5-10,13,21,25-26H,3-4,11-12H2,1-2H3. The Labute approximate surface area is 168 Å². The molecule has 0 aliphatic carbocycles. The van der Waals surface area contributed by atoms with E-state index in [-0.39, 0.29) is 23.5 Å². The molecule has 0 radical (unpaired) electrons. The molecule has 0 bridgehead atoms. The maximum atomic E-state index is 13.4. The van der Waals surface area contributed by atoms with Crippen molar-refractivity contribution in [3.63, 3.8) is 0 Å². The Balaban J connectivity index is 2.04. The number of nitrogens with zero attached hydrogens (tertiary/aromatic N) is 2. The molecule has 5 nitrogen and oxygen atoms in total. The molecule has 4 rings (SSSR count). The van der Waals surface area contributed by atoms with Crippen molar-refractivity contribution in [1.29, 1.82) is 0 Å². The summed E-state index contributed by atoms with van der Waals surface area (Å²) in [4.78, 5) is 16.3. The highest BCUT2D eigenvalue weighted by molar-refractivity contribution is 8.00. The number of aromatic hydroxyl groups is 1. The van der Waals surface area contributed by atoms with Gasteiger partial charge in [0.2, 0.25) is 5.91 Å². The van der Waals surface area contributed by atoms with Gasteiger partial charge in [-0.15, -0.1) is 11.8 Å². The molecule has 2 heterocycles. The number of hydrogen-bond donors (Lipinski definition) is 2. The summed E-state index contributed by atoms with van der Waals surface area (Å²) < 4.78 is 2.07. The summed E-state index contributed by atoms with van der Waals surface area (Å²) in [7, 11) is 0. The van der Waals surface area contributed by atoms with Crippen molar-refractivity contribution in [2.45, 2.75) is 30.5 Å². The number of fused-ring (bicyclic) bond motifs is 5. The molecule has 0 fully saturated rings. The number of carbonyl (C=O) groups excluding carboxylic acids is 1. The Kier molecular flexibility index (Phi) is 5.08. The van der Waals surface area contributed by atoms with Crippen LogP contribution in [0.15, 0.2) is 47.4 Å². The number of rotatable bonds is 5. The van der Waals surface area contributed by atoms with Crippen molar-refractivity contribution in [1.82, 2.24) is 9.47 Å². The fourth-order valence-corrected chi connectivity index (χ4v) is 5.39. The first-order valence-corrected chi connectivity index (χ1v) is 10.5. The molecule has 28 heavy (non-hydrogen) atoms. The highest BCUT2D eigenvalue weighted by Gasteiger charge is 2.37. The summed E-state index contributed by atoms with van der Waals surface area (Å²) in [6, 6.07) is 13.3. The molecule has 1 aliphatic rings. The van der Waals surface area contributed by atoms with E-state index < -0.39 is 0 Å². The van der Waals surface area contributed by atoms with Crippen LogP contribution in [0.2, 0.25) is 0 Å². The van der Waals surface area contributed by atoms with Gasteiger partial charge < -0.3 is 19.7 Å². The number of likely N-dealkylation sites (N-methyl/N-ethyl adjacent to an activating group) is 1. The van der Waals surface area contributed by atoms with E-state index in [0.29, 0.717) is 19.6 Å². The Morgan fingerprint density at radius 1 is 1.18 bits per heavy atom. The molecular weight excluding hydrogens is 372 g/mol. The summed E-state index contributed by atoms with van der Waals surface area (Å²) >= 11 is 1.57. The van der Waals surface area contributed by atoms with Gasteiger partial charge in [0.15, 0.2) is 0 Å². The van der Waals surface area contributed by atoms with Crippen molar-refractivity contribution < 1.29 is 15.0 Å². The predicted octanol–water partition coefficient (Wildman–Crippen LogP) is 4.02. The van der Waals surface area contributed by atoms with Crippen molar-refractivity contribution in [3.05, 3.63) is 48.0 Å². The van der Waals surface area contributed by atoms with Crippen LogP contribution < -0.4 is 0 Å². The summed E-state index contributed by atoms with van der Waals surface area (Å²) in [5, 5.41) is 20.3. The van der Waals surface area contributed by atoms with Gasteiger partial charge in [0.1, 0.15) is 11.0 Å². The van der Waals surface area contributed by atoms with Gasteiger partial charge in [-0.05, 0) is 38.1 Å². The second kappa shape index (κ2) is 7.53. The second-order valence-corrected chi connectivity index (χ2v) is 7.99. The third kappa shape index (κ3) is 2.88. The smallest absolute Gasteiger partial charge is 0.240 e. The molecule has 1 aromatic heterocycles. The predicted molar refractivity (Wildman–Crippen MR) is 113 cm³/mol. The molecule has 3 aromatic rings. The van der Waals surface area contributed by atoms with Crippen LogP contribution in [-0.2, 0) is 11.3 Å². The first kappa shape index (κ1) is 18.9. The number of thioether (sulfide) groups is 1. The zero-order chi connectivity index (χ0) is 19.8. The maximum Gasteiger partial charge on any atom is 0.240 e. The minimum Gasteiger partial charge on any atom is -0.508 e. The van der Waals surface area contributed by atoms with E-state index >= 15 is 0 Å². The Morgan fingerprint density at radius 3 is 2.64 bits per heavy atom. The lowest BCUT2D eigenvalue weighted by molar-refractivity contribution is -0.130. The summed E-state index contributed by atoms with van der Waals surface area (Å²) in [6.07, 6.45) is 0. The number of aromatic nitrogens is 1. The SMILES string of the molecule is CCN(CC)C(=O)C1Sc2ccccc2-c2c1c1cc(O)ccc1n2CCO. The first-order chi connectivity index (χ1) is 13.6. The minimum atomic E-state index is -0.381. The average molecular weight is 397 g/mol. The lowest BCUT2D eigenvalue weighted by Gasteiger charge is -2.29. The van der Waals surface area contributed by atoms with E-state index in [1.54, 1.807) is 23.9 Å². The monoisotopic (exact) mass is 396 g/mol. The van der Waals surface area contributed by atoms with Crippen molar-refractivity contribution in [2.75, 3.05) is 19.7 Å². The van der Waals surface area contributed by atoms with Crippen molar-refractivity contribution in [2.24, 2.45) is 0 Å². The summed E-state index contributed by atoms with van der Waals surface area (Å²) in [5.41, 5.74) is 3.89. The number of phenolic OH excluding ortho intramolecular Hbond substituents is 1. The highest BCUT2D eigenvalue weighted by atomic mass is 32.2. The molecule has 1 atom stereocenters. The van der Waals surface area contributed by atoms with Gasteiger partial charge in [0.25, 0.3) is 0 Å². The van der Waals surface area contributed by atoms with Gasteiger partial charge in [-0.1, -0.05) is 18.2 Å². The minimum absolute atomic E-state index is 0.00106. The molecular formula is C22H24N2O3S. The normalized spacial score (nSPS) is 15.3. The van der Waals surface area contributed by atoms with Crippen molar-refractivity contribution >= 4 is 28.6 Å². The number of carbonyl (C=O) groups is 1. The van der Waals surface area contributed by atoms with E-state index in [9.17, 15) is 15.0 Å². The van der Waals surface area contributed by atoms with Crippen LogP contribution in [-0.4, -0.2) is 45.3 Å². The highest BCUT2D eigenvalue weighted by Crippen LogP contribution is 2.53. The Hall–Kier alpha value is -2.44. The molecule has 0 spiro atoms. The lowest BCUT2D eigenvalue weighted by Crippen LogP contribution is -2.34. The van der Waals surface area contributed by atoms with Crippen LogP contribution in [0, 0.1) is 0 Å². The van der Waals surface area contributed by atoms with E-state index in [1.807, 2.05) is 43.0 Å². The molecule has 1 unspecified atom stereocenters. The zero-order valence-electron chi connectivity index (χ0n) is 16.1. The third-order valence-corrected chi connectivity index (χ3v) is 6.64. The van der Waals surface area contributed by atoms with Crippen LogP contribution >= 0.6 is 11.8 Å². The molecule has 0 saturated heterocycles. The number of amides is 1. The van der Waals surface area contributed by atoms with Crippen LogP contribution in [0.25, 0.3) is 22.2 Å². The van der Waals surface area contributed by atoms with Gasteiger partial charge >= 0.3 is 0 Å². The van der Waals surface area contributed by atoms with Gasteiger partial charge in [-0.25, -0.2) is 0 Å².